The SMILES string of the molecule is CCOC(=O)c1sc(NC(=O)[C@@H](C)SCc2ccco2)c(C(=O)OCC)c1C. The Balaban J connectivity index is 2.19. The topological polar surface area (TPSA) is 94.8 Å². The second kappa shape index (κ2) is 10.3. The molecule has 2 rings (SSSR count). The van der Waals surface area contributed by atoms with Crippen LogP contribution >= 0.6 is 23.1 Å². The molecule has 0 bridgehead atoms. The van der Waals surface area contributed by atoms with Crippen molar-refractivity contribution in [3.63, 3.8) is 0 Å². The van der Waals surface area contributed by atoms with Crippen molar-refractivity contribution < 1.29 is 28.3 Å². The number of esters is 2. The predicted octanol–water partition coefficient (Wildman–Crippen LogP) is 4.26. The lowest BCUT2D eigenvalue weighted by molar-refractivity contribution is -0.115. The number of amides is 1. The molecule has 0 saturated carbocycles. The fourth-order valence-corrected chi connectivity index (χ4v) is 4.21. The Morgan fingerprint density at radius 3 is 2.50 bits per heavy atom. The van der Waals surface area contributed by atoms with Gasteiger partial charge < -0.3 is 19.2 Å². The molecule has 2 heterocycles. The highest BCUT2D eigenvalue weighted by molar-refractivity contribution is 7.99. The van der Waals surface area contributed by atoms with Crippen LogP contribution in [0.1, 0.15) is 52.1 Å². The maximum absolute atomic E-state index is 12.6. The van der Waals surface area contributed by atoms with Gasteiger partial charge in [0.25, 0.3) is 0 Å². The van der Waals surface area contributed by atoms with E-state index in [1.165, 1.54) is 11.8 Å². The molecule has 0 aromatic carbocycles. The molecule has 1 atom stereocenters. The lowest BCUT2D eigenvalue weighted by atomic mass is 10.1. The molecule has 0 spiro atoms. The van der Waals surface area contributed by atoms with Gasteiger partial charge in [-0.25, -0.2) is 9.59 Å². The van der Waals surface area contributed by atoms with E-state index in [9.17, 15) is 14.4 Å². The summed E-state index contributed by atoms with van der Waals surface area (Å²) in [5.41, 5.74) is 0.625. The predicted molar refractivity (Wildman–Crippen MR) is 109 cm³/mol. The van der Waals surface area contributed by atoms with Gasteiger partial charge >= 0.3 is 11.9 Å². The molecule has 1 N–H and O–H groups in total. The van der Waals surface area contributed by atoms with E-state index in [2.05, 4.69) is 5.32 Å². The number of nitrogens with one attached hydrogen (secondary N) is 1. The molecule has 0 radical (unpaired) electrons. The average Bonchev–Trinajstić information content (AvgIpc) is 3.28. The maximum atomic E-state index is 12.6. The maximum Gasteiger partial charge on any atom is 0.348 e. The molecule has 0 saturated heterocycles. The van der Waals surface area contributed by atoms with Gasteiger partial charge in [-0.05, 0) is 45.4 Å². The molecule has 152 valence electrons. The lowest BCUT2D eigenvalue weighted by Crippen LogP contribution is -2.23. The summed E-state index contributed by atoms with van der Waals surface area (Å²) in [5, 5.41) is 2.65. The largest absolute Gasteiger partial charge is 0.468 e. The minimum atomic E-state index is -0.585. The average molecular weight is 426 g/mol. The molecule has 1 amide bonds. The van der Waals surface area contributed by atoms with Crippen molar-refractivity contribution in [3.05, 3.63) is 40.2 Å². The number of thiophene rings is 1. The summed E-state index contributed by atoms with van der Waals surface area (Å²) in [6.45, 7) is 7.20. The van der Waals surface area contributed by atoms with E-state index in [0.717, 1.165) is 17.1 Å². The summed E-state index contributed by atoms with van der Waals surface area (Å²) in [6.07, 6.45) is 1.58. The van der Waals surface area contributed by atoms with E-state index >= 15 is 0 Å². The summed E-state index contributed by atoms with van der Waals surface area (Å²) in [7, 11) is 0. The number of rotatable bonds is 9. The number of hydrogen-bond acceptors (Lipinski definition) is 8. The molecule has 0 aliphatic rings. The standard InChI is InChI=1S/C19H23NO6S2/c1-5-24-18(22)14-11(3)15(19(23)25-6-2)28-17(14)20-16(21)12(4)27-10-13-8-7-9-26-13/h7-9,12H,5-6,10H2,1-4H3,(H,20,21)/t12-/m1/s1. The third-order valence-corrected chi connectivity index (χ3v) is 6.10. The quantitative estimate of drug-likeness (QED) is 0.600. The van der Waals surface area contributed by atoms with Crippen LogP contribution in [0.2, 0.25) is 0 Å². The monoisotopic (exact) mass is 425 g/mol. The van der Waals surface area contributed by atoms with Gasteiger partial charge in [0.15, 0.2) is 0 Å². The summed E-state index contributed by atoms with van der Waals surface area (Å²) in [5.74, 6) is -0.0781. The summed E-state index contributed by atoms with van der Waals surface area (Å²) in [4.78, 5) is 37.4. The molecule has 7 nitrogen and oxygen atoms in total. The van der Waals surface area contributed by atoms with E-state index in [1.807, 2.05) is 6.07 Å². The molecule has 2 aromatic heterocycles. The first-order valence-electron chi connectivity index (χ1n) is 8.81. The van der Waals surface area contributed by atoms with Crippen LogP contribution < -0.4 is 5.32 Å². The Kier molecular flexibility index (Phi) is 8.13. The molecule has 0 aliphatic carbocycles. The van der Waals surface area contributed by atoms with Crippen LogP contribution in [0.25, 0.3) is 0 Å². The van der Waals surface area contributed by atoms with Crippen molar-refractivity contribution in [2.45, 2.75) is 38.7 Å². The number of carbonyl (C=O) groups is 3. The normalized spacial score (nSPS) is 11.7. The Hall–Kier alpha value is -2.26. The molecule has 0 aliphatic heterocycles. The zero-order chi connectivity index (χ0) is 20.7. The van der Waals surface area contributed by atoms with E-state index in [1.54, 1.807) is 40.0 Å². The van der Waals surface area contributed by atoms with E-state index < -0.39 is 17.2 Å². The number of thioether (sulfide) groups is 1. The third kappa shape index (κ3) is 5.39. The van der Waals surface area contributed by atoms with Gasteiger partial charge in [-0.15, -0.1) is 23.1 Å². The minimum absolute atomic E-state index is 0.186. The summed E-state index contributed by atoms with van der Waals surface area (Å²) in [6, 6.07) is 3.63. The number of ether oxygens (including phenoxy) is 2. The van der Waals surface area contributed by atoms with Gasteiger partial charge in [-0.3, -0.25) is 4.79 Å². The molecular weight excluding hydrogens is 402 g/mol. The highest BCUT2D eigenvalue weighted by Gasteiger charge is 2.28. The van der Waals surface area contributed by atoms with E-state index in [-0.39, 0.29) is 34.6 Å². The fourth-order valence-electron chi connectivity index (χ4n) is 2.33. The minimum Gasteiger partial charge on any atom is -0.468 e. The van der Waals surface area contributed by atoms with Gasteiger partial charge in [-0.1, -0.05) is 0 Å². The Bertz CT molecular complexity index is 828. The second-order valence-electron chi connectivity index (χ2n) is 5.72. The Labute approximate surface area is 171 Å². The molecule has 2 aromatic rings. The van der Waals surface area contributed by atoms with Crippen LogP contribution in [-0.2, 0) is 20.0 Å². The Morgan fingerprint density at radius 2 is 1.89 bits per heavy atom. The molecule has 0 fully saturated rings. The molecule has 9 heteroatoms. The number of furan rings is 1. The Morgan fingerprint density at radius 1 is 1.21 bits per heavy atom. The van der Waals surface area contributed by atoms with Gasteiger partial charge in [0.2, 0.25) is 5.91 Å². The van der Waals surface area contributed by atoms with Crippen LogP contribution in [0.4, 0.5) is 5.00 Å². The highest BCUT2D eigenvalue weighted by Crippen LogP contribution is 2.35. The second-order valence-corrected chi connectivity index (χ2v) is 8.07. The van der Waals surface area contributed by atoms with Crippen LogP contribution in [0.5, 0.6) is 0 Å². The van der Waals surface area contributed by atoms with Gasteiger partial charge in [0.05, 0.1) is 36.0 Å². The van der Waals surface area contributed by atoms with Gasteiger partial charge in [-0.2, -0.15) is 0 Å². The molecular formula is C19H23NO6S2. The summed E-state index contributed by atoms with van der Waals surface area (Å²) >= 11 is 2.42. The molecule has 0 unspecified atom stereocenters. The number of anilines is 1. The smallest absolute Gasteiger partial charge is 0.348 e. The lowest BCUT2D eigenvalue weighted by Gasteiger charge is -2.11. The van der Waals surface area contributed by atoms with Gasteiger partial charge in [0, 0.05) is 0 Å². The fraction of sp³-hybridized carbons (Fsp3) is 0.421. The summed E-state index contributed by atoms with van der Waals surface area (Å²) < 4.78 is 15.4. The van der Waals surface area contributed by atoms with E-state index in [4.69, 9.17) is 13.9 Å². The van der Waals surface area contributed by atoms with Crippen molar-refractivity contribution in [1.82, 2.24) is 0 Å². The van der Waals surface area contributed by atoms with Crippen LogP contribution in [0, 0.1) is 6.92 Å². The first-order valence-corrected chi connectivity index (χ1v) is 10.7. The number of carbonyl (C=O) groups excluding carboxylic acids is 3. The highest BCUT2D eigenvalue weighted by atomic mass is 32.2. The zero-order valence-corrected chi connectivity index (χ0v) is 17.8. The third-order valence-electron chi connectivity index (χ3n) is 3.75. The van der Waals surface area contributed by atoms with Crippen molar-refractivity contribution in [1.29, 1.82) is 0 Å². The number of hydrogen-bond donors (Lipinski definition) is 1. The van der Waals surface area contributed by atoms with Crippen molar-refractivity contribution in [2.24, 2.45) is 0 Å². The first-order chi connectivity index (χ1) is 13.4. The van der Waals surface area contributed by atoms with Gasteiger partial charge in [0.1, 0.15) is 15.6 Å². The van der Waals surface area contributed by atoms with Crippen LogP contribution in [0.15, 0.2) is 22.8 Å². The van der Waals surface area contributed by atoms with Crippen LogP contribution in [-0.4, -0.2) is 36.3 Å². The zero-order valence-electron chi connectivity index (χ0n) is 16.2. The van der Waals surface area contributed by atoms with Crippen LogP contribution in [0.3, 0.4) is 0 Å². The van der Waals surface area contributed by atoms with E-state index in [0.29, 0.717) is 11.3 Å². The van der Waals surface area contributed by atoms with Crippen molar-refractivity contribution >= 4 is 45.9 Å². The van der Waals surface area contributed by atoms with Crippen molar-refractivity contribution in [3.8, 4) is 0 Å². The molecule has 28 heavy (non-hydrogen) atoms. The first kappa shape index (κ1) is 22.0. The van der Waals surface area contributed by atoms with Crippen molar-refractivity contribution in [2.75, 3.05) is 18.5 Å².